The number of unbranched alkanes of at least 4 members (excludes halogenated alkanes) is 2. The van der Waals surface area contributed by atoms with Gasteiger partial charge in [0.1, 0.15) is 5.75 Å². The molecule has 0 saturated heterocycles. The molecule has 0 aliphatic rings. The molecule has 0 bridgehead atoms. The van der Waals surface area contributed by atoms with Gasteiger partial charge in [-0.2, -0.15) is 0 Å². The van der Waals surface area contributed by atoms with E-state index in [1.165, 1.54) is 24.8 Å². The summed E-state index contributed by atoms with van der Waals surface area (Å²) in [5.74, 6) is 0.629. The molecule has 0 spiro atoms. The van der Waals surface area contributed by atoms with E-state index in [0.717, 1.165) is 6.42 Å². The van der Waals surface area contributed by atoms with Crippen LogP contribution in [0.3, 0.4) is 0 Å². The second kappa shape index (κ2) is 8.60. The normalized spacial score (nSPS) is 10.5. The number of aryl methyl sites for hydroxylation is 1. The van der Waals surface area contributed by atoms with Crippen LogP contribution in [0.2, 0.25) is 5.02 Å². The molecule has 3 heteroatoms. The first-order valence-electron chi connectivity index (χ1n) is 7.69. The minimum absolute atomic E-state index is 0.0185. The van der Waals surface area contributed by atoms with Gasteiger partial charge in [0, 0.05) is 10.6 Å². The first-order valence-corrected chi connectivity index (χ1v) is 8.07. The van der Waals surface area contributed by atoms with Gasteiger partial charge < -0.3 is 4.74 Å². The van der Waals surface area contributed by atoms with Crippen LogP contribution in [0.4, 0.5) is 0 Å². The summed E-state index contributed by atoms with van der Waals surface area (Å²) >= 11 is 5.81. The number of carbonyl (C=O) groups excluding carboxylic acids is 1. The number of ketones is 1. The van der Waals surface area contributed by atoms with E-state index in [2.05, 4.69) is 6.92 Å². The summed E-state index contributed by atoms with van der Waals surface area (Å²) in [6.07, 6.45) is 4.74. The van der Waals surface area contributed by atoms with Crippen LogP contribution in [0.1, 0.15) is 42.1 Å². The monoisotopic (exact) mass is 316 g/mol. The van der Waals surface area contributed by atoms with E-state index in [1.54, 1.807) is 24.3 Å². The van der Waals surface area contributed by atoms with E-state index in [-0.39, 0.29) is 12.4 Å². The molecule has 0 aliphatic heterocycles. The summed E-state index contributed by atoms with van der Waals surface area (Å²) in [5.41, 5.74) is 1.97. The number of halogens is 1. The quantitative estimate of drug-likeness (QED) is 0.485. The maximum absolute atomic E-state index is 12.1. The number of hydrogen-bond acceptors (Lipinski definition) is 2. The molecule has 0 aromatic heterocycles. The van der Waals surface area contributed by atoms with Crippen molar-refractivity contribution in [3.05, 3.63) is 64.7 Å². The van der Waals surface area contributed by atoms with Crippen LogP contribution in [0.15, 0.2) is 48.5 Å². The maximum Gasteiger partial charge on any atom is 0.200 e. The average molecular weight is 317 g/mol. The van der Waals surface area contributed by atoms with Crippen LogP contribution in [0.5, 0.6) is 5.75 Å². The zero-order valence-electron chi connectivity index (χ0n) is 12.8. The lowest BCUT2D eigenvalue weighted by atomic mass is 10.0. The van der Waals surface area contributed by atoms with E-state index in [1.807, 2.05) is 24.3 Å². The molecule has 0 N–H and O–H groups in total. The van der Waals surface area contributed by atoms with Gasteiger partial charge in [0.2, 0.25) is 0 Å². The highest BCUT2D eigenvalue weighted by molar-refractivity contribution is 6.30. The van der Waals surface area contributed by atoms with Crippen molar-refractivity contribution in [1.29, 1.82) is 0 Å². The van der Waals surface area contributed by atoms with Crippen LogP contribution >= 0.6 is 11.6 Å². The Labute approximate surface area is 137 Å². The molecule has 0 fully saturated rings. The largest absolute Gasteiger partial charge is 0.485 e. The van der Waals surface area contributed by atoms with E-state index >= 15 is 0 Å². The van der Waals surface area contributed by atoms with Gasteiger partial charge in [-0.05, 0) is 42.7 Å². The predicted molar refractivity (Wildman–Crippen MR) is 90.9 cm³/mol. The molecule has 116 valence electrons. The summed E-state index contributed by atoms with van der Waals surface area (Å²) in [4.78, 5) is 12.1. The first kappa shape index (κ1) is 16.6. The Morgan fingerprint density at radius 1 is 1.00 bits per heavy atom. The van der Waals surface area contributed by atoms with Crippen molar-refractivity contribution < 1.29 is 9.53 Å². The van der Waals surface area contributed by atoms with Crippen molar-refractivity contribution >= 4 is 17.4 Å². The van der Waals surface area contributed by atoms with Crippen molar-refractivity contribution in [2.45, 2.75) is 32.6 Å². The molecule has 2 rings (SSSR count). The molecule has 0 heterocycles. The third-order valence-electron chi connectivity index (χ3n) is 3.53. The summed E-state index contributed by atoms with van der Waals surface area (Å²) in [6.45, 7) is 2.24. The standard InChI is InChI=1S/C19H21ClO2/c1-2-3-4-5-15-6-8-16(9-7-15)19(21)14-22-18-12-10-17(20)11-13-18/h6-13H,2-5,14H2,1H3. The highest BCUT2D eigenvalue weighted by atomic mass is 35.5. The van der Waals surface area contributed by atoms with Gasteiger partial charge in [-0.25, -0.2) is 0 Å². The van der Waals surface area contributed by atoms with Gasteiger partial charge in [-0.1, -0.05) is 55.6 Å². The molecule has 2 aromatic carbocycles. The molecule has 0 atom stereocenters. The van der Waals surface area contributed by atoms with Gasteiger partial charge in [0.25, 0.3) is 0 Å². The van der Waals surface area contributed by atoms with Crippen LogP contribution in [0.25, 0.3) is 0 Å². The smallest absolute Gasteiger partial charge is 0.200 e. The van der Waals surface area contributed by atoms with Crippen LogP contribution in [0, 0.1) is 0 Å². The Kier molecular flexibility index (Phi) is 6.47. The fraction of sp³-hybridized carbons (Fsp3) is 0.316. The SMILES string of the molecule is CCCCCc1ccc(C(=O)COc2ccc(Cl)cc2)cc1. The molecule has 22 heavy (non-hydrogen) atoms. The average Bonchev–Trinajstić information content (AvgIpc) is 2.55. The topological polar surface area (TPSA) is 26.3 Å². The second-order valence-electron chi connectivity index (χ2n) is 5.32. The molecule has 2 nitrogen and oxygen atoms in total. The predicted octanol–water partition coefficient (Wildman–Crippen LogP) is 5.33. The van der Waals surface area contributed by atoms with Crippen molar-refractivity contribution in [2.75, 3.05) is 6.61 Å². The number of rotatable bonds is 8. The molecular weight excluding hydrogens is 296 g/mol. The maximum atomic E-state index is 12.1. The van der Waals surface area contributed by atoms with Crippen molar-refractivity contribution in [3.8, 4) is 5.75 Å². The molecule has 0 amide bonds. The third-order valence-corrected chi connectivity index (χ3v) is 3.78. The lowest BCUT2D eigenvalue weighted by molar-refractivity contribution is 0.0921. The molecule has 0 unspecified atom stereocenters. The zero-order valence-corrected chi connectivity index (χ0v) is 13.6. The molecule has 2 aromatic rings. The number of benzene rings is 2. The molecule has 0 aliphatic carbocycles. The lowest BCUT2D eigenvalue weighted by Crippen LogP contribution is -2.11. The number of ether oxygens (including phenoxy) is 1. The highest BCUT2D eigenvalue weighted by Crippen LogP contribution is 2.16. The number of Topliss-reactive ketones (excluding diaryl/α,β-unsaturated/α-hetero) is 1. The summed E-state index contributed by atoms with van der Waals surface area (Å²) in [6, 6.07) is 14.8. The van der Waals surface area contributed by atoms with E-state index in [0.29, 0.717) is 16.3 Å². The Hall–Kier alpha value is -1.80. The molecular formula is C19H21ClO2. The van der Waals surface area contributed by atoms with Crippen LogP contribution in [-0.4, -0.2) is 12.4 Å². The Balaban J connectivity index is 1.85. The zero-order chi connectivity index (χ0) is 15.8. The summed E-state index contributed by atoms with van der Waals surface area (Å²) < 4.78 is 5.48. The lowest BCUT2D eigenvalue weighted by Gasteiger charge is -2.06. The first-order chi connectivity index (χ1) is 10.7. The number of hydrogen-bond donors (Lipinski definition) is 0. The fourth-order valence-electron chi connectivity index (χ4n) is 2.20. The molecule has 0 radical (unpaired) electrons. The minimum atomic E-state index is -0.0185. The van der Waals surface area contributed by atoms with E-state index < -0.39 is 0 Å². The van der Waals surface area contributed by atoms with Gasteiger partial charge in [-0.15, -0.1) is 0 Å². The van der Waals surface area contributed by atoms with Gasteiger partial charge >= 0.3 is 0 Å². The highest BCUT2D eigenvalue weighted by Gasteiger charge is 2.07. The summed E-state index contributed by atoms with van der Waals surface area (Å²) in [5, 5.41) is 0.650. The van der Waals surface area contributed by atoms with Crippen molar-refractivity contribution in [3.63, 3.8) is 0 Å². The van der Waals surface area contributed by atoms with Gasteiger partial charge in [-0.3, -0.25) is 4.79 Å². The summed E-state index contributed by atoms with van der Waals surface area (Å²) in [7, 11) is 0. The van der Waals surface area contributed by atoms with Gasteiger partial charge in [0.05, 0.1) is 0 Å². The second-order valence-corrected chi connectivity index (χ2v) is 5.76. The van der Waals surface area contributed by atoms with E-state index in [4.69, 9.17) is 16.3 Å². The van der Waals surface area contributed by atoms with E-state index in [9.17, 15) is 4.79 Å². The van der Waals surface area contributed by atoms with Gasteiger partial charge in [0.15, 0.2) is 12.4 Å². The van der Waals surface area contributed by atoms with Crippen molar-refractivity contribution in [2.24, 2.45) is 0 Å². The van der Waals surface area contributed by atoms with Crippen LogP contribution < -0.4 is 4.74 Å². The third kappa shape index (κ3) is 5.19. The number of carbonyl (C=O) groups is 1. The van der Waals surface area contributed by atoms with Crippen LogP contribution in [-0.2, 0) is 6.42 Å². The van der Waals surface area contributed by atoms with Crippen molar-refractivity contribution in [1.82, 2.24) is 0 Å². The molecule has 0 saturated carbocycles. The Morgan fingerprint density at radius 2 is 1.68 bits per heavy atom. The Bertz CT molecular complexity index is 588. The minimum Gasteiger partial charge on any atom is -0.485 e. The fourth-order valence-corrected chi connectivity index (χ4v) is 2.33. The Morgan fingerprint density at radius 3 is 2.32 bits per heavy atom.